The summed E-state index contributed by atoms with van der Waals surface area (Å²) in [5.41, 5.74) is 20.7. The number of nitrogen functional groups attached to an aromatic ring is 1. The number of H-pyrrole nitrogens is 3. The summed E-state index contributed by atoms with van der Waals surface area (Å²) < 4.78 is 1.80. The zero-order valence-corrected chi connectivity index (χ0v) is 39.3. The second-order valence-electron chi connectivity index (χ2n) is 17.5. The molecule has 1 aliphatic heterocycles. The standard InChI is InChI=1S/C11H15N3.2C10H13N3.2C9H11N3/c1-4-10-9-5-8(7(2)3)6-12-11(9)14-13-10;1-6(2)8-4-9-7(3)12-13-10(9)11-5-8;1-6(2)8-5-13-10(11)9-7(8)3-4-12-9;1-6(2)7-3-8-9(10-4-7)12-5-11-8;1-7(2)8-5-10-9-3-4-11-12(9)6-8/h5-7H,4H2,1-3H3,(H,12,13,14);4-6H,1-3H3,(H,11,12,13);4-6H,3H2,1-2H3,(H2,11,13);3-6H,1-2H3,(H,10,11,12);3-7H,1-2H3. The van der Waals surface area contributed by atoms with E-state index in [4.69, 9.17) is 5.73 Å². The lowest BCUT2D eigenvalue weighted by Gasteiger charge is -2.11. The molecule has 10 heterocycles. The predicted molar refractivity (Wildman–Crippen MR) is 260 cm³/mol. The highest BCUT2D eigenvalue weighted by Crippen LogP contribution is 2.34. The van der Waals surface area contributed by atoms with Gasteiger partial charge in [-0.05, 0) is 94.5 Å². The average Bonchev–Trinajstić information content (AvgIpc) is 4.15. The molecule has 0 bridgehead atoms. The van der Waals surface area contributed by atoms with E-state index in [1.807, 2.05) is 56.4 Å². The zero-order valence-electron chi connectivity index (χ0n) is 39.3. The van der Waals surface area contributed by atoms with Crippen LogP contribution in [0.25, 0.3) is 38.9 Å². The third kappa shape index (κ3) is 11.2. The van der Waals surface area contributed by atoms with Gasteiger partial charge in [0.2, 0.25) is 0 Å². The lowest BCUT2D eigenvalue weighted by molar-refractivity contribution is 0.821. The number of nitrogens with zero attached hydrogens (tertiary/aromatic N) is 11. The van der Waals surface area contributed by atoms with Gasteiger partial charge in [-0.15, -0.1) is 0 Å². The van der Waals surface area contributed by atoms with Crippen molar-refractivity contribution in [2.24, 2.45) is 4.99 Å². The molecular formula is C49H63N15. The average molecular weight is 862 g/mol. The number of anilines is 1. The second kappa shape index (κ2) is 21.0. The Balaban J connectivity index is 0.000000133. The number of hydrogen-bond acceptors (Lipinski definition) is 11. The predicted octanol–water partition coefficient (Wildman–Crippen LogP) is 11.0. The minimum Gasteiger partial charge on any atom is -0.382 e. The van der Waals surface area contributed by atoms with E-state index in [0.717, 1.165) is 57.7 Å². The molecular weight excluding hydrogens is 799 g/mol. The molecule has 15 heteroatoms. The molecule has 9 aromatic rings. The van der Waals surface area contributed by atoms with Crippen molar-refractivity contribution in [3.8, 4) is 0 Å². The Morgan fingerprint density at radius 2 is 1.25 bits per heavy atom. The molecule has 15 nitrogen and oxygen atoms in total. The van der Waals surface area contributed by atoms with Gasteiger partial charge < -0.3 is 10.7 Å². The van der Waals surface area contributed by atoms with Crippen molar-refractivity contribution in [2.75, 3.05) is 5.73 Å². The molecule has 0 atom stereocenters. The van der Waals surface area contributed by atoms with Gasteiger partial charge in [0.15, 0.2) is 22.6 Å². The smallest absolute Gasteiger partial charge is 0.181 e. The lowest BCUT2D eigenvalue weighted by atomic mass is 9.97. The minimum absolute atomic E-state index is 0.489. The fraction of sp³-hybridized carbons (Fsp3) is 0.388. The molecule has 0 saturated heterocycles. The molecule has 0 aliphatic carbocycles. The maximum absolute atomic E-state index is 5.72. The highest BCUT2D eigenvalue weighted by molar-refractivity contribution is 5.82. The minimum atomic E-state index is 0.489. The number of fused-ring (bicyclic) bond motifs is 5. The van der Waals surface area contributed by atoms with Crippen molar-refractivity contribution in [3.63, 3.8) is 0 Å². The van der Waals surface area contributed by atoms with E-state index in [0.29, 0.717) is 35.4 Å². The van der Waals surface area contributed by atoms with E-state index in [9.17, 15) is 0 Å². The molecule has 0 radical (unpaired) electrons. The number of aromatic nitrogens is 13. The van der Waals surface area contributed by atoms with E-state index in [-0.39, 0.29) is 0 Å². The summed E-state index contributed by atoms with van der Waals surface area (Å²) in [5.74, 6) is 3.10. The van der Waals surface area contributed by atoms with E-state index in [2.05, 4.69) is 160 Å². The number of aromatic amines is 3. The Morgan fingerprint density at radius 1 is 0.656 bits per heavy atom. The highest BCUT2D eigenvalue weighted by Gasteiger charge is 2.17. The molecule has 0 spiro atoms. The maximum Gasteiger partial charge on any atom is 0.181 e. The third-order valence-corrected chi connectivity index (χ3v) is 11.1. The quantitative estimate of drug-likeness (QED) is 0.124. The number of nitrogens with one attached hydrogen (secondary N) is 3. The first kappa shape index (κ1) is 46.6. The zero-order chi connectivity index (χ0) is 46.1. The molecule has 0 fully saturated rings. The number of aryl methyl sites for hydroxylation is 2. The molecule has 10 rings (SSSR count). The molecule has 0 saturated carbocycles. The summed E-state index contributed by atoms with van der Waals surface area (Å²) >= 11 is 0. The largest absolute Gasteiger partial charge is 0.382 e. The fourth-order valence-corrected chi connectivity index (χ4v) is 6.84. The monoisotopic (exact) mass is 862 g/mol. The van der Waals surface area contributed by atoms with Crippen molar-refractivity contribution >= 4 is 56.6 Å². The first-order valence-electron chi connectivity index (χ1n) is 22.2. The Bertz CT molecular complexity index is 2870. The van der Waals surface area contributed by atoms with Crippen LogP contribution < -0.4 is 5.73 Å². The van der Waals surface area contributed by atoms with Crippen LogP contribution in [0.4, 0.5) is 11.5 Å². The number of hydrogen-bond donors (Lipinski definition) is 4. The topological polar surface area (TPSA) is 206 Å². The molecule has 334 valence electrons. The van der Waals surface area contributed by atoms with Crippen LogP contribution in [0.15, 0.2) is 79.0 Å². The third-order valence-electron chi connectivity index (χ3n) is 11.1. The maximum atomic E-state index is 5.72. The van der Waals surface area contributed by atoms with Gasteiger partial charge in [-0.2, -0.15) is 15.3 Å². The van der Waals surface area contributed by atoms with Gasteiger partial charge in [-0.1, -0.05) is 76.2 Å². The van der Waals surface area contributed by atoms with Crippen LogP contribution >= 0.6 is 0 Å². The normalized spacial score (nSPS) is 11.8. The van der Waals surface area contributed by atoms with Crippen LogP contribution in [0.2, 0.25) is 0 Å². The van der Waals surface area contributed by atoms with Crippen molar-refractivity contribution < 1.29 is 0 Å². The molecule has 0 aromatic carbocycles. The summed E-state index contributed by atoms with van der Waals surface area (Å²) in [6.07, 6.45) is 18.7. The highest BCUT2D eigenvalue weighted by atomic mass is 15.2. The molecule has 9 aromatic heterocycles. The Labute approximate surface area is 375 Å². The van der Waals surface area contributed by atoms with Gasteiger partial charge in [-0.3, -0.25) is 15.2 Å². The van der Waals surface area contributed by atoms with Crippen molar-refractivity contribution in [1.29, 1.82) is 0 Å². The van der Waals surface area contributed by atoms with E-state index in [1.165, 1.54) is 44.5 Å². The second-order valence-corrected chi connectivity index (χ2v) is 17.5. The van der Waals surface area contributed by atoms with E-state index < -0.39 is 0 Å². The van der Waals surface area contributed by atoms with Gasteiger partial charge in [0, 0.05) is 78.0 Å². The van der Waals surface area contributed by atoms with E-state index >= 15 is 0 Å². The Hall–Kier alpha value is -6.90. The first-order valence-corrected chi connectivity index (χ1v) is 22.2. The SMILES string of the molecule is CC(C)c1cnc(N)c2c1CC=N2.CC(C)c1cnc2ccnn2c1.CC(C)c1cnc2nc[nH]c2c1.CCc1[nH]nc2ncc(C(C)C)cc12.Cc1[nH]nc2ncc(C(C)C)cc12. The van der Waals surface area contributed by atoms with Crippen molar-refractivity contribution in [2.45, 2.75) is 126 Å². The molecule has 0 amide bonds. The Kier molecular flexibility index (Phi) is 15.3. The lowest BCUT2D eigenvalue weighted by Crippen LogP contribution is -1.99. The summed E-state index contributed by atoms with van der Waals surface area (Å²) in [7, 11) is 0. The van der Waals surface area contributed by atoms with Gasteiger partial charge in [0.05, 0.1) is 18.0 Å². The number of imidazole rings is 1. The molecule has 64 heavy (non-hydrogen) atoms. The van der Waals surface area contributed by atoms with Crippen LogP contribution in [0.1, 0.15) is 151 Å². The van der Waals surface area contributed by atoms with Crippen LogP contribution in [0, 0.1) is 6.92 Å². The fourth-order valence-electron chi connectivity index (χ4n) is 6.84. The first-order chi connectivity index (χ1) is 30.6. The van der Waals surface area contributed by atoms with Gasteiger partial charge in [0.25, 0.3) is 0 Å². The van der Waals surface area contributed by atoms with Gasteiger partial charge >= 0.3 is 0 Å². The summed E-state index contributed by atoms with van der Waals surface area (Å²) in [6.45, 7) is 25.7. The number of rotatable bonds is 6. The summed E-state index contributed by atoms with van der Waals surface area (Å²) in [5, 5.41) is 20.6. The van der Waals surface area contributed by atoms with Crippen molar-refractivity contribution in [1.82, 2.24) is 64.9 Å². The van der Waals surface area contributed by atoms with E-state index in [1.54, 1.807) is 17.0 Å². The van der Waals surface area contributed by atoms with Gasteiger partial charge in [0.1, 0.15) is 11.5 Å². The number of pyridine rings is 4. The van der Waals surface area contributed by atoms with Crippen LogP contribution in [-0.4, -0.2) is 71.1 Å². The van der Waals surface area contributed by atoms with Crippen LogP contribution in [0.5, 0.6) is 0 Å². The van der Waals surface area contributed by atoms with Crippen molar-refractivity contribution in [3.05, 3.63) is 119 Å². The summed E-state index contributed by atoms with van der Waals surface area (Å²) in [6, 6.07) is 8.34. The van der Waals surface area contributed by atoms with Crippen LogP contribution in [-0.2, 0) is 12.8 Å². The summed E-state index contributed by atoms with van der Waals surface area (Å²) in [4.78, 5) is 32.6. The van der Waals surface area contributed by atoms with Gasteiger partial charge in [-0.25, -0.2) is 34.4 Å². The Morgan fingerprint density at radius 3 is 1.89 bits per heavy atom. The number of aliphatic imine (C=N–C) groups is 1. The number of nitrogens with two attached hydrogens (primary N) is 1. The van der Waals surface area contributed by atoms with Crippen LogP contribution in [0.3, 0.4) is 0 Å². The molecule has 5 N–H and O–H groups in total. The molecule has 0 unspecified atom stereocenters. The molecule has 1 aliphatic rings.